The van der Waals surface area contributed by atoms with Gasteiger partial charge in [-0.25, -0.2) is 9.59 Å². The van der Waals surface area contributed by atoms with E-state index in [9.17, 15) is 9.59 Å². The third kappa shape index (κ3) is 4.73. The van der Waals surface area contributed by atoms with Crippen LogP contribution in [0.25, 0.3) is 0 Å². The molecule has 0 aliphatic rings. The van der Waals surface area contributed by atoms with Gasteiger partial charge in [-0.1, -0.05) is 12.1 Å². The molecule has 0 aliphatic heterocycles. The second-order valence-corrected chi connectivity index (χ2v) is 5.06. The molecular formula is C19H20O6. The van der Waals surface area contributed by atoms with Gasteiger partial charge in [-0.2, -0.15) is 0 Å². The summed E-state index contributed by atoms with van der Waals surface area (Å²) in [4.78, 5) is 23.6. The molecule has 0 amide bonds. The van der Waals surface area contributed by atoms with Crippen molar-refractivity contribution in [2.45, 2.75) is 13.5 Å². The normalized spacial score (nSPS) is 10.0. The zero-order valence-corrected chi connectivity index (χ0v) is 14.4. The van der Waals surface area contributed by atoms with E-state index in [4.69, 9.17) is 14.2 Å². The van der Waals surface area contributed by atoms with E-state index in [2.05, 4.69) is 4.74 Å². The molecule has 2 aromatic carbocycles. The van der Waals surface area contributed by atoms with Crippen molar-refractivity contribution in [3.8, 4) is 11.5 Å². The van der Waals surface area contributed by atoms with Crippen LogP contribution in [0.15, 0.2) is 42.5 Å². The molecule has 0 aromatic heterocycles. The first-order chi connectivity index (χ1) is 12.1. The Morgan fingerprint density at radius 3 is 2.16 bits per heavy atom. The Bertz CT molecular complexity index is 736. The van der Waals surface area contributed by atoms with Gasteiger partial charge in [0.15, 0.2) is 11.5 Å². The van der Waals surface area contributed by atoms with Crippen molar-refractivity contribution in [3.63, 3.8) is 0 Å². The molecule has 0 saturated heterocycles. The Kier molecular flexibility index (Phi) is 6.39. The number of hydrogen-bond donors (Lipinski definition) is 0. The van der Waals surface area contributed by atoms with Crippen molar-refractivity contribution in [1.82, 2.24) is 0 Å². The van der Waals surface area contributed by atoms with E-state index in [0.717, 1.165) is 5.56 Å². The minimum absolute atomic E-state index is 0.0931. The topological polar surface area (TPSA) is 71.1 Å². The van der Waals surface area contributed by atoms with Crippen molar-refractivity contribution in [3.05, 3.63) is 59.2 Å². The van der Waals surface area contributed by atoms with Crippen molar-refractivity contribution in [2.24, 2.45) is 0 Å². The first-order valence-electron chi connectivity index (χ1n) is 7.74. The summed E-state index contributed by atoms with van der Waals surface area (Å²) < 4.78 is 20.6. The maximum atomic E-state index is 12.2. The van der Waals surface area contributed by atoms with E-state index in [-0.39, 0.29) is 6.61 Å². The molecule has 0 spiro atoms. The predicted octanol–water partition coefficient (Wildman–Crippen LogP) is 3.24. The van der Waals surface area contributed by atoms with Gasteiger partial charge >= 0.3 is 11.9 Å². The van der Waals surface area contributed by atoms with Crippen LogP contribution in [0, 0.1) is 0 Å². The first-order valence-corrected chi connectivity index (χ1v) is 7.74. The molecule has 25 heavy (non-hydrogen) atoms. The monoisotopic (exact) mass is 344 g/mol. The zero-order chi connectivity index (χ0) is 18.2. The summed E-state index contributed by atoms with van der Waals surface area (Å²) in [6, 6.07) is 11.5. The molecule has 0 unspecified atom stereocenters. The van der Waals surface area contributed by atoms with Crippen molar-refractivity contribution < 1.29 is 28.5 Å². The Balaban J connectivity index is 2.01. The molecule has 2 rings (SSSR count). The van der Waals surface area contributed by atoms with Crippen LogP contribution < -0.4 is 9.47 Å². The second kappa shape index (κ2) is 8.73. The van der Waals surface area contributed by atoms with Gasteiger partial charge in [0.25, 0.3) is 0 Å². The summed E-state index contributed by atoms with van der Waals surface area (Å²) in [6.07, 6.45) is 0. The van der Waals surface area contributed by atoms with Gasteiger partial charge < -0.3 is 18.9 Å². The number of hydrogen-bond acceptors (Lipinski definition) is 6. The molecule has 0 bridgehead atoms. The number of carbonyl (C=O) groups is 2. The molecule has 132 valence electrons. The number of esters is 2. The van der Waals surface area contributed by atoms with Crippen molar-refractivity contribution in [2.75, 3.05) is 20.8 Å². The lowest BCUT2D eigenvalue weighted by Gasteiger charge is -2.11. The molecule has 6 heteroatoms. The van der Waals surface area contributed by atoms with E-state index < -0.39 is 11.9 Å². The summed E-state index contributed by atoms with van der Waals surface area (Å²) in [7, 11) is 2.83. The summed E-state index contributed by atoms with van der Waals surface area (Å²) in [5.74, 6) is 0.155. The molecule has 2 aromatic rings. The molecule has 0 heterocycles. The summed E-state index contributed by atoms with van der Waals surface area (Å²) in [5, 5.41) is 0. The predicted molar refractivity (Wildman–Crippen MR) is 91.1 cm³/mol. The molecule has 0 aliphatic carbocycles. The highest BCUT2D eigenvalue weighted by Gasteiger charge is 2.13. The zero-order valence-electron chi connectivity index (χ0n) is 14.4. The van der Waals surface area contributed by atoms with Crippen molar-refractivity contribution in [1.29, 1.82) is 0 Å². The lowest BCUT2D eigenvalue weighted by Crippen LogP contribution is -2.07. The van der Waals surface area contributed by atoms with E-state index >= 15 is 0 Å². The maximum absolute atomic E-state index is 12.2. The van der Waals surface area contributed by atoms with Gasteiger partial charge in [-0.15, -0.1) is 0 Å². The van der Waals surface area contributed by atoms with Gasteiger partial charge in [0, 0.05) is 0 Å². The van der Waals surface area contributed by atoms with Crippen LogP contribution >= 0.6 is 0 Å². The summed E-state index contributed by atoms with van der Waals surface area (Å²) >= 11 is 0. The highest BCUT2D eigenvalue weighted by molar-refractivity contribution is 5.90. The fourth-order valence-corrected chi connectivity index (χ4v) is 2.16. The molecule has 0 atom stereocenters. The van der Waals surface area contributed by atoms with Crippen LogP contribution in [0.3, 0.4) is 0 Å². The molecular weight excluding hydrogens is 324 g/mol. The lowest BCUT2D eigenvalue weighted by molar-refractivity contribution is 0.0471. The van der Waals surface area contributed by atoms with E-state index in [0.29, 0.717) is 29.2 Å². The Hall–Kier alpha value is -3.02. The average molecular weight is 344 g/mol. The number of carbonyl (C=O) groups excluding carboxylic acids is 2. The highest BCUT2D eigenvalue weighted by atomic mass is 16.5. The Labute approximate surface area is 146 Å². The summed E-state index contributed by atoms with van der Waals surface area (Å²) in [5.41, 5.74) is 1.57. The second-order valence-electron chi connectivity index (χ2n) is 5.06. The van der Waals surface area contributed by atoms with Crippen LogP contribution in [0.1, 0.15) is 33.2 Å². The van der Waals surface area contributed by atoms with Crippen LogP contribution in [0.4, 0.5) is 0 Å². The van der Waals surface area contributed by atoms with E-state index in [1.807, 2.05) is 6.92 Å². The van der Waals surface area contributed by atoms with E-state index in [1.165, 1.54) is 14.2 Å². The van der Waals surface area contributed by atoms with Gasteiger partial charge in [-0.3, -0.25) is 0 Å². The average Bonchev–Trinajstić information content (AvgIpc) is 2.66. The highest BCUT2D eigenvalue weighted by Crippen LogP contribution is 2.28. The fourth-order valence-electron chi connectivity index (χ4n) is 2.16. The standard InChI is InChI=1S/C19H20O6/c1-4-24-16-10-9-15(11-17(16)22-2)19(21)25-12-13-5-7-14(8-6-13)18(20)23-3/h5-11H,4,12H2,1-3H3. The maximum Gasteiger partial charge on any atom is 0.338 e. The van der Waals surface area contributed by atoms with Crippen LogP contribution in [-0.2, 0) is 16.1 Å². The minimum atomic E-state index is -0.474. The van der Waals surface area contributed by atoms with Crippen LogP contribution in [0.5, 0.6) is 11.5 Å². The smallest absolute Gasteiger partial charge is 0.338 e. The number of ether oxygens (including phenoxy) is 4. The fraction of sp³-hybridized carbons (Fsp3) is 0.263. The Morgan fingerprint density at radius 1 is 0.880 bits per heavy atom. The number of benzene rings is 2. The van der Waals surface area contributed by atoms with Crippen LogP contribution in [0.2, 0.25) is 0 Å². The SMILES string of the molecule is CCOc1ccc(C(=O)OCc2ccc(C(=O)OC)cc2)cc1OC. The Morgan fingerprint density at radius 2 is 1.56 bits per heavy atom. The van der Waals surface area contributed by atoms with Gasteiger partial charge in [0.1, 0.15) is 6.61 Å². The number of rotatable bonds is 7. The summed E-state index contributed by atoms with van der Waals surface area (Å²) in [6.45, 7) is 2.46. The molecule has 0 fully saturated rings. The molecule has 0 radical (unpaired) electrons. The third-order valence-corrected chi connectivity index (χ3v) is 3.44. The quantitative estimate of drug-likeness (QED) is 0.718. The minimum Gasteiger partial charge on any atom is -0.493 e. The molecule has 6 nitrogen and oxygen atoms in total. The lowest BCUT2D eigenvalue weighted by atomic mass is 10.1. The molecule has 0 N–H and O–H groups in total. The van der Waals surface area contributed by atoms with Gasteiger partial charge in [0.2, 0.25) is 0 Å². The third-order valence-electron chi connectivity index (χ3n) is 3.44. The van der Waals surface area contributed by atoms with Gasteiger partial charge in [0.05, 0.1) is 32.0 Å². The van der Waals surface area contributed by atoms with Gasteiger partial charge in [-0.05, 0) is 42.8 Å². The van der Waals surface area contributed by atoms with Crippen molar-refractivity contribution >= 4 is 11.9 Å². The number of methoxy groups -OCH3 is 2. The largest absolute Gasteiger partial charge is 0.493 e. The van der Waals surface area contributed by atoms with Crippen LogP contribution in [-0.4, -0.2) is 32.8 Å². The van der Waals surface area contributed by atoms with E-state index in [1.54, 1.807) is 42.5 Å². The first kappa shape index (κ1) is 18.3. The molecule has 0 saturated carbocycles.